The summed E-state index contributed by atoms with van der Waals surface area (Å²) in [5.41, 5.74) is 0.206. The molecule has 3 rings (SSSR count). The maximum absolute atomic E-state index is 13.1. The molecule has 2 aromatic heterocycles. The number of aromatic nitrogens is 3. The van der Waals surface area contributed by atoms with Crippen molar-refractivity contribution in [1.29, 1.82) is 0 Å². The summed E-state index contributed by atoms with van der Waals surface area (Å²) in [7, 11) is 1.45. The van der Waals surface area contributed by atoms with Crippen LogP contribution in [-0.4, -0.2) is 38.9 Å². The third-order valence-electron chi connectivity index (χ3n) is 4.10. The molecule has 1 amide bonds. The van der Waals surface area contributed by atoms with Gasteiger partial charge in [0.25, 0.3) is 11.5 Å². The summed E-state index contributed by atoms with van der Waals surface area (Å²) in [6.45, 7) is 0. The Bertz CT molecular complexity index is 1070. The van der Waals surface area contributed by atoms with E-state index in [0.717, 1.165) is 10.7 Å². The van der Waals surface area contributed by atoms with Crippen LogP contribution in [0.5, 0.6) is 5.88 Å². The molecule has 0 aliphatic heterocycles. The first-order chi connectivity index (χ1) is 13.9. The molecule has 9 nitrogen and oxygen atoms in total. The Hall–Kier alpha value is -3.95. The Labute approximate surface area is 163 Å². The number of aromatic amines is 1. The number of rotatable bonds is 7. The van der Waals surface area contributed by atoms with E-state index in [1.807, 2.05) is 0 Å². The highest BCUT2D eigenvalue weighted by molar-refractivity contribution is 5.92. The second-order valence-corrected chi connectivity index (χ2v) is 6.08. The van der Waals surface area contributed by atoms with Gasteiger partial charge in [-0.3, -0.25) is 19.5 Å². The van der Waals surface area contributed by atoms with Gasteiger partial charge in [0.1, 0.15) is 11.5 Å². The summed E-state index contributed by atoms with van der Waals surface area (Å²) < 4.78 is 19.1. The zero-order chi connectivity index (χ0) is 21.0. The molecule has 0 unspecified atom stereocenters. The summed E-state index contributed by atoms with van der Waals surface area (Å²) >= 11 is 0. The molecule has 29 heavy (non-hydrogen) atoms. The van der Waals surface area contributed by atoms with Gasteiger partial charge in [0, 0.05) is 18.3 Å². The fraction of sp³-hybridized carbons (Fsp3) is 0.158. The Morgan fingerprint density at radius 3 is 2.59 bits per heavy atom. The molecule has 0 fully saturated rings. The maximum Gasteiger partial charge on any atom is 0.305 e. The minimum Gasteiger partial charge on any atom is -0.481 e. The van der Waals surface area contributed by atoms with Gasteiger partial charge in [-0.2, -0.15) is 0 Å². The molecule has 150 valence electrons. The van der Waals surface area contributed by atoms with Crippen LogP contribution < -0.4 is 15.6 Å². The zero-order valence-electron chi connectivity index (χ0n) is 15.3. The van der Waals surface area contributed by atoms with Crippen LogP contribution in [0.3, 0.4) is 0 Å². The van der Waals surface area contributed by atoms with E-state index in [2.05, 4.69) is 15.4 Å². The number of nitrogens with one attached hydrogen (secondary N) is 2. The maximum atomic E-state index is 13.1. The summed E-state index contributed by atoms with van der Waals surface area (Å²) in [6.07, 6.45) is 1.02. The zero-order valence-corrected chi connectivity index (χ0v) is 15.3. The van der Waals surface area contributed by atoms with E-state index in [1.165, 1.54) is 37.6 Å². The molecule has 0 saturated heterocycles. The van der Waals surface area contributed by atoms with Crippen LogP contribution in [0.2, 0.25) is 0 Å². The van der Waals surface area contributed by atoms with Crippen molar-refractivity contribution in [3.05, 3.63) is 76.1 Å². The Morgan fingerprint density at radius 1 is 1.28 bits per heavy atom. The van der Waals surface area contributed by atoms with Gasteiger partial charge in [0.2, 0.25) is 5.88 Å². The fourth-order valence-corrected chi connectivity index (χ4v) is 2.68. The lowest BCUT2D eigenvalue weighted by Gasteiger charge is -2.17. The van der Waals surface area contributed by atoms with Crippen LogP contribution in [0.25, 0.3) is 5.69 Å². The van der Waals surface area contributed by atoms with E-state index in [0.29, 0.717) is 17.1 Å². The number of carbonyl (C=O) groups is 2. The lowest BCUT2D eigenvalue weighted by Crippen LogP contribution is -2.30. The predicted octanol–water partition coefficient (Wildman–Crippen LogP) is 1.65. The molecule has 1 atom stereocenters. The van der Waals surface area contributed by atoms with E-state index in [9.17, 15) is 18.8 Å². The Balaban J connectivity index is 1.84. The number of aliphatic carboxylic acids is 1. The van der Waals surface area contributed by atoms with Crippen LogP contribution in [0, 0.1) is 5.82 Å². The Morgan fingerprint density at radius 2 is 2.00 bits per heavy atom. The number of amides is 1. The molecule has 0 bridgehead atoms. The number of carboxylic acid groups (broad SMARTS) is 1. The van der Waals surface area contributed by atoms with Gasteiger partial charge in [-0.15, -0.1) is 0 Å². The Kier molecular flexibility index (Phi) is 5.72. The molecule has 0 aliphatic rings. The number of pyridine rings is 1. The number of ether oxygens (including phenoxy) is 1. The molecule has 3 aromatic rings. The topological polar surface area (TPSA) is 126 Å². The SMILES string of the molecule is COc1ccc([C@H](CC(=O)O)NC(=O)c2cc(=O)n(-c3ccc(F)cc3)[nH]2)cn1. The van der Waals surface area contributed by atoms with E-state index in [-0.39, 0.29) is 12.1 Å². The fourth-order valence-electron chi connectivity index (χ4n) is 2.68. The second-order valence-electron chi connectivity index (χ2n) is 6.08. The summed E-state index contributed by atoms with van der Waals surface area (Å²) in [4.78, 5) is 40.0. The first-order valence-corrected chi connectivity index (χ1v) is 8.48. The third-order valence-corrected chi connectivity index (χ3v) is 4.10. The van der Waals surface area contributed by atoms with Crippen molar-refractivity contribution in [2.24, 2.45) is 0 Å². The van der Waals surface area contributed by atoms with Crippen molar-refractivity contribution in [3.63, 3.8) is 0 Å². The average molecular weight is 400 g/mol. The van der Waals surface area contributed by atoms with Gasteiger partial charge in [-0.05, 0) is 29.8 Å². The summed E-state index contributed by atoms with van der Waals surface area (Å²) in [6, 6.07) is 8.45. The number of methoxy groups -OCH3 is 1. The third kappa shape index (κ3) is 4.67. The smallest absolute Gasteiger partial charge is 0.305 e. The van der Waals surface area contributed by atoms with Crippen LogP contribution in [0.4, 0.5) is 4.39 Å². The minimum atomic E-state index is -1.12. The molecule has 0 spiro atoms. The van der Waals surface area contributed by atoms with Crippen molar-refractivity contribution in [1.82, 2.24) is 20.1 Å². The molecular weight excluding hydrogens is 383 g/mol. The van der Waals surface area contributed by atoms with Crippen molar-refractivity contribution in [2.45, 2.75) is 12.5 Å². The van der Waals surface area contributed by atoms with E-state index in [1.54, 1.807) is 12.1 Å². The number of carbonyl (C=O) groups excluding carboxylic acids is 1. The minimum absolute atomic E-state index is 0.0730. The number of benzene rings is 1. The molecule has 10 heteroatoms. The molecule has 0 radical (unpaired) electrons. The normalized spacial score (nSPS) is 11.7. The largest absolute Gasteiger partial charge is 0.481 e. The van der Waals surface area contributed by atoms with Gasteiger partial charge in [0.05, 0.1) is 25.3 Å². The van der Waals surface area contributed by atoms with Gasteiger partial charge in [0.15, 0.2) is 0 Å². The van der Waals surface area contributed by atoms with Crippen LogP contribution in [0.1, 0.15) is 28.5 Å². The highest BCUT2D eigenvalue weighted by Gasteiger charge is 2.21. The molecule has 0 saturated carbocycles. The predicted molar refractivity (Wildman–Crippen MR) is 99.6 cm³/mol. The average Bonchev–Trinajstić information content (AvgIpc) is 3.09. The molecule has 3 N–H and O–H groups in total. The quantitative estimate of drug-likeness (QED) is 0.554. The first kappa shape index (κ1) is 19.8. The summed E-state index contributed by atoms with van der Waals surface area (Å²) in [5.74, 6) is -1.92. The van der Waals surface area contributed by atoms with E-state index in [4.69, 9.17) is 9.84 Å². The number of nitrogens with zero attached hydrogens (tertiary/aromatic N) is 2. The number of carboxylic acids is 1. The van der Waals surface area contributed by atoms with Gasteiger partial charge >= 0.3 is 5.97 Å². The number of hydrogen-bond donors (Lipinski definition) is 3. The van der Waals surface area contributed by atoms with Crippen molar-refractivity contribution >= 4 is 11.9 Å². The highest BCUT2D eigenvalue weighted by Crippen LogP contribution is 2.19. The first-order valence-electron chi connectivity index (χ1n) is 8.48. The van der Waals surface area contributed by atoms with Crippen molar-refractivity contribution in [3.8, 4) is 11.6 Å². The highest BCUT2D eigenvalue weighted by atomic mass is 19.1. The molecule has 0 aliphatic carbocycles. The van der Waals surface area contributed by atoms with Crippen LogP contribution in [-0.2, 0) is 4.79 Å². The van der Waals surface area contributed by atoms with E-state index >= 15 is 0 Å². The van der Waals surface area contributed by atoms with Crippen molar-refractivity contribution in [2.75, 3.05) is 7.11 Å². The van der Waals surface area contributed by atoms with Gasteiger partial charge in [-0.25, -0.2) is 14.1 Å². The van der Waals surface area contributed by atoms with Crippen LogP contribution >= 0.6 is 0 Å². The number of H-pyrrole nitrogens is 1. The number of halogens is 1. The monoisotopic (exact) mass is 400 g/mol. The van der Waals surface area contributed by atoms with Gasteiger partial charge in [-0.1, -0.05) is 6.07 Å². The molecule has 2 heterocycles. The lowest BCUT2D eigenvalue weighted by atomic mass is 10.1. The van der Waals surface area contributed by atoms with Gasteiger partial charge < -0.3 is 15.2 Å². The van der Waals surface area contributed by atoms with Crippen LogP contribution in [0.15, 0.2) is 53.5 Å². The lowest BCUT2D eigenvalue weighted by molar-refractivity contribution is -0.137. The standard InChI is InChI=1S/C19H17FN4O5/c1-29-16-7-2-11(10-21-16)14(9-18(26)27)22-19(28)15-8-17(25)24(23-15)13-5-3-12(20)4-6-13/h2-8,10,14,23H,9H2,1H3,(H,22,28)(H,26,27)/t14-/m0/s1. The molecular formula is C19H17FN4O5. The van der Waals surface area contributed by atoms with E-state index < -0.39 is 29.3 Å². The molecule has 1 aromatic carbocycles. The second kappa shape index (κ2) is 8.38. The summed E-state index contributed by atoms with van der Waals surface area (Å²) in [5, 5.41) is 14.4. The number of hydrogen-bond acceptors (Lipinski definition) is 5. The van der Waals surface area contributed by atoms with Crippen molar-refractivity contribution < 1.29 is 23.8 Å².